The maximum absolute atomic E-state index is 13.9. The maximum atomic E-state index is 13.9. The van der Waals surface area contributed by atoms with Crippen molar-refractivity contribution >= 4 is 123 Å². The largest absolute Gasteiger partial charge is 0.288 e. The van der Waals surface area contributed by atoms with Crippen LogP contribution < -0.4 is 0 Å². The van der Waals surface area contributed by atoms with Gasteiger partial charge < -0.3 is 0 Å². The molecule has 3 aromatic carbocycles. The van der Waals surface area contributed by atoms with E-state index in [4.69, 9.17) is 0 Å². The Balaban J connectivity index is 1.16. The maximum Gasteiger partial charge on any atom is 0.197 e. The highest BCUT2D eigenvalue weighted by Crippen LogP contribution is 2.57. The Hall–Kier alpha value is -5.46. The highest BCUT2D eigenvalue weighted by Gasteiger charge is 2.35. The van der Waals surface area contributed by atoms with Gasteiger partial charge in [0.15, 0.2) is 23.1 Å². The van der Waals surface area contributed by atoms with Crippen LogP contribution >= 0.6 is 68.0 Å². The van der Waals surface area contributed by atoms with Gasteiger partial charge in [-0.3, -0.25) is 19.2 Å². The van der Waals surface area contributed by atoms with E-state index in [2.05, 4.69) is 104 Å². The van der Waals surface area contributed by atoms with Gasteiger partial charge in [-0.15, -0.1) is 68.0 Å². The van der Waals surface area contributed by atoms with E-state index in [1.165, 1.54) is 146 Å². The Bertz CT molecular complexity index is 3670. The number of allylic oxidation sites excluding steroid dienone is 2. The second-order valence-electron chi connectivity index (χ2n) is 24.7. The average molecular weight is 1280 g/mol. The van der Waals surface area contributed by atoms with Crippen molar-refractivity contribution in [3.63, 3.8) is 0 Å². The molecule has 0 spiro atoms. The number of carbonyl (C=O) groups excluding carboxylic acids is 4. The summed E-state index contributed by atoms with van der Waals surface area (Å²) < 4.78 is 2.60. The topological polar surface area (TPSA) is 68.3 Å². The first-order valence-corrected chi connectivity index (χ1v) is 38.2. The van der Waals surface area contributed by atoms with Gasteiger partial charge in [0.1, 0.15) is 0 Å². The van der Waals surface area contributed by atoms with Crippen LogP contribution in [-0.4, -0.2) is 23.1 Å². The minimum atomic E-state index is -0.187. The molecule has 0 amide bonds. The second kappa shape index (κ2) is 29.2. The van der Waals surface area contributed by atoms with Gasteiger partial charge in [-0.05, 0) is 147 Å². The molecule has 4 nitrogen and oxygen atoms in total. The summed E-state index contributed by atoms with van der Waals surface area (Å²) >= 11 is 11.3. The highest BCUT2D eigenvalue weighted by molar-refractivity contribution is 7.29. The zero-order chi connectivity index (χ0) is 61.6. The monoisotopic (exact) mass is 1280 g/mol. The van der Waals surface area contributed by atoms with Crippen LogP contribution in [0.4, 0.5) is 0 Å². The smallest absolute Gasteiger partial charge is 0.197 e. The van der Waals surface area contributed by atoms with E-state index in [1.807, 2.05) is 81.8 Å². The van der Waals surface area contributed by atoms with Crippen LogP contribution in [0.25, 0.3) is 72.7 Å². The van der Waals surface area contributed by atoms with E-state index >= 15 is 0 Å². The third-order valence-electron chi connectivity index (χ3n) is 18.9. The standard InChI is InChI=1S/C78H86O4S6/c1-9-17-21-23-31-49-41-51(43-61-71(79)55-33-25-26-34-56(55)72(61)80)83-75(49)67-45-59-69(65-39-37-63(85-65)53(15-7)47(13-5)29-19-11-3)78-60(70(77(59)87-67)66-40-38-64(86-66)54(16-8)48(14-6)30-20-12-4)46-68(88-78)76-50(32-24-22-18-10-2)42-52(84-76)44-62-73(81)57-35-27-28-36-58(57)74(62)82/h25-28,33-48,53-54H,9-24,29-32H2,1-8H3. The van der Waals surface area contributed by atoms with E-state index in [9.17, 15) is 19.2 Å². The molecule has 6 heterocycles. The number of carbonyl (C=O) groups is 4. The molecule has 4 atom stereocenters. The number of benzene rings is 3. The molecule has 4 unspecified atom stereocenters. The quantitative estimate of drug-likeness (QED) is 0.0256. The van der Waals surface area contributed by atoms with Gasteiger partial charge in [0, 0.05) is 102 Å². The van der Waals surface area contributed by atoms with E-state index in [-0.39, 0.29) is 34.3 Å². The summed E-state index contributed by atoms with van der Waals surface area (Å²) in [6.45, 7) is 18.7. The van der Waals surface area contributed by atoms with Gasteiger partial charge in [-0.2, -0.15) is 0 Å². The van der Waals surface area contributed by atoms with Gasteiger partial charge in [0.05, 0.1) is 11.1 Å². The fourth-order valence-electron chi connectivity index (χ4n) is 14.1. The number of ketones is 4. The summed E-state index contributed by atoms with van der Waals surface area (Å²) in [6.07, 6.45) is 26.7. The van der Waals surface area contributed by atoms with Crippen LogP contribution in [-0.2, 0) is 12.8 Å². The molecule has 2 aliphatic carbocycles. The van der Waals surface area contributed by atoms with E-state index < -0.39 is 0 Å². The SMILES string of the molecule is CCCCCCc1cc(C=C2C(=O)c3ccccc3C2=O)sc1-c1cc2c(-c3ccc(C(CC)C(CC)CCCC)s3)c3sc(-c4sc(C=C5C(=O)c6ccccc6C5=O)cc4CCCCCC)cc3c(-c3ccc(C(CC)C(CC)CCCC)s3)c2s1. The minimum Gasteiger partial charge on any atom is -0.288 e. The summed E-state index contributed by atoms with van der Waals surface area (Å²) in [5, 5.41) is 2.56. The number of aryl methyl sites for hydroxylation is 2. The lowest BCUT2D eigenvalue weighted by Crippen LogP contribution is -2.10. The first-order valence-electron chi connectivity index (χ1n) is 33.3. The fourth-order valence-corrected chi connectivity index (χ4v) is 22.0. The van der Waals surface area contributed by atoms with Crippen molar-refractivity contribution in [3.05, 3.63) is 161 Å². The van der Waals surface area contributed by atoms with Crippen molar-refractivity contribution in [2.24, 2.45) is 11.8 Å². The number of thiophene rings is 6. The number of rotatable bonds is 30. The third kappa shape index (κ3) is 12.9. The van der Waals surface area contributed by atoms with Crippen molar-refractivity contribution < 1.29 is 19.2 Å². The second-order valence-corrected chi connectivity index (χ2v) is 31.2. The molecule has 0 radical (unpaired) electrons. The molecule has 458 valence electrons. The number of hydrogen-bond donors (Lipinski definition) is 0. The Morgan fingerprint density at radius 1 is 0.375 bits per heavy atom. The van der Waals surface area contributed by atoms with E-state index in [1.54, 1.807) is 46.9 Å². The molecular formula is C78H86O4S6. The van der Waals surface area contributed by atoms with E-state index in [0.717, 1.165) is 74.0 Å². The molecule has 2 aliphatic rings. The molecule has 6 aromatic heterocycles. The minimum absolute atomic E-state index is 0.187. The van der Waals surface area contributed by atoms with E-state index in [0.29, 0.717) is 45.9 Å². The van der Waals surface area contributed by atoms with Crippen molar-refractivity contribution in [2.45, 2.75) is 196 Å². The molecular weight excluding hydrogens is 1190 g/mol. The molecule has 88 heavy (non-hydrogen) atoms. The predicted octanol–water partition coefficient (Wildman–Crippen LogP) is 25.6. The Kier molecular flexibility index (Phi) is 21.3. The van der Waals surface area contributed by atoms with Gasteiger partial charge >= 0.3 is 0 Å². The molecule has 0 saturated heterocycles. The third-order valence-corrected chi connectivity index (χ3v) is 26.3. The van der Waals surface area contributed by atoms with Crippen LogP contribution in [0.3, 0.4) is 0 Å². The molecule has 0 aliphatic heterocycles. The molecule has 0 N–H and O–H groups in total. The average Bonchev–Trinajstić information content (AvgIpc) is 1.57. The number of unbranched alkanes of at least 4 members (excludes halogenated alkanes) is 8. The molecule has 10 heteroatoms. The van der Waals surface area contributed by atoms with Gasteiger partial charge in [-0.25, -0.2) is 0 Å². The molecule has 11 rings (SSSR count). The van der Waals surface area contributed by atoms with Crippen LogP contribution in [0.5, 0.6) is 0 Å². The van der Waals surface area contributed by atoms with Crippen LogP contribution in [0, 0.1) is 11.8 Å². The van der Waals surface area contributed by atoms with Crippen molar-refractivity contribution in [1.29, 1.82) is 0 Å². The Morgan fingerprint density at radius 2 is 0.750 bits per heavy atom. The lowest BCUT2D eigenvalue weighted by molar-refractivity contribution is 0.0975. The van der Waals surface area contributed by atoms with Gasteiger partial charge in [0.2, 0.25) is 0 Å². The zero-order valence-corrected chi connectivity index (χ0v) is 57.8. The Morgan fingerprint density at radius 3 is 1.09 bits per heavy atom. The van der Waals surface area contributed by atoms with Crippen LogP contribution in [0.1, 0.15) is 255 Å². The molecule has 0 bridgehead atoms. The zero-order valence-electron chi connectivity index (χ0n) is 52.9. The molecule has 9 aromatic rings. The molecule has 0 saturated carbocycles. The predicted molar refractivity (Wildman–Crippen MR) is 385 cm³/mol. The van der Waals surface area contributed by atoms with Gasteiger partial charge in [-0.1, -0.05) is 181 Å². The first kappa shape index (κ1) is 64.1. The fraction of sp³-hybridized carbons (Fsp3) is 0.410. The van der Waals surface area contributed by atoms with Gasteiger partial charge in [0.25, 0.3) is 0 Å². The lowest BCUT2D eigenvalue weighted by Gasteiger charge is -2.24. The number of fused-ring (bicyclic) bond motifs is 4. The van der Waals surface area contributed by atoms with Crippen LogP contribution in [0.15, 0.2) is 108 Å². The van der Waals surface area contributed by atoms with Crippen molar-refractivity contribution in [3.8, 4) is 40.4 Å². The molecule has 0 fully saturated rings. The summed E-state index contributed by atoms with van der Waals surface area (Å²) in [4.78, 5) is 68.1. The van der Waals surface area contributed by atoms with Crippen molar-refractivity contribution in [1.82, 2.24) is 0 Å². The summed E-state index contributed by atoms with van der Waals surface area (Å²) in [5.41, 5.74) is 7.66. The Labute approximate surface area is 547 Å². The summed E-state index contributed by atoms with van der Waals surface area (Å²) in [6, 6.07) is 33.9. The lowest BCUT2D eigenvalue weighted by atomic mass is 9.83. The summed E-state index contributed by atoms with van der Waals surface area (Å²) in [7, 11) is 0. The van der Waals surface area contributed by atoms with Crippen LogP contribution in [0.2, 0.25) is 0 Å². The van der Waals surface area contributed by atoms with Crippen molar-refractivity contribution in [2.75, 3.05) is 0 Å². The number of hydrogen-bond acceptors (Lipinski definition) is 10. The highest BCUT2D eigenvalue weighted by atomic mass is 32.1. The number of Topliss-reactive ketones (excluding diaryl/α,β-unsaturated/α-hetero) is 4. The normalized spacial score (nSPS) is 14.7. The first-order chi connectivity index (χ1) is 43.0. The summed E-state index contributed by atoms with van der Waals surface area (Å²) in [5.74, 6) is 1.47.